The van der Waals surface area contributed by atoms with Gasteiger partial charge in [0.1, 0.15) is 11.5 Å². The molecule has 0 radical (unpaired) electrons. The summed E-state index contributed by atoms with van der Waals surface area (Å²) < 4.78 is 11.3. The predicted molar refractivity (Wildman–Crippen MR) is 105 cm³/mol. The highest BCUT2D eigenvalue weighted by Crippen LogP contribution is 2.22. The molecule has 0 spiro atoms. The molecule has 0 aliphatic carbocycles. The zero-order valence-electron chi connectivity index (χ0n) is 16.2. The number of nitrogens with one attached hydrogen (secondary N) is 1. The van der Waals surface area contributed by atoms with Crippen LogP contribution in [0.3, 0.4) is 0 Å². The minimum atomic E-state index is -0.471. The number of ether oxygens (including phenoxy) is 2. The summed E-state index contributed by atoms with van der Waals surface area (Å²) in [5.74, 6) is 1.61. The van der Waals surface area contributed by atoms with Crippen LogP contribution in [0.25, 0.3) is 0 Å². The fourth-order valence-electron chi connectivity index (χ4n) is 2.84. The molecule has 26 heavy (non-hydrogen) atoms. The molecule has 0 saturated heterocycles. The third kappa shape index (κ3) is 5.25. The van der Waals surface area contributed by atoms with E-state index in [4.69, 9.17) is 9.47 Å². The fraction of sp³-hybridized carbons (Fsp3) is 0.409. The lowest BCUT2D eigenvalue weighted by molar-refractivity contribution is -0.128. The lowest BCUT2D eigenvalue weighted by atomic mass is 10.1. The predicted octanol–water partition coefficient (Wildman–Crippen LogP) is 4.22. The van der Waals surface area contributed by atoms with E-state index in [0.29, 0.717) is 13.0 Å². The highest BCUT2D eigenvalue weighted by molar-refractivity contribution is 5.81. The first-order chi connectivity index (χ1) is 12.6. The first-order valence-corrected chi connectivity index (χ1v) is 9.19. The third-order valence-corrected chi connectivity index (χ3v) is 4.60. The van der Waals surface area contributed by atoms with Crippen molar-refractivity contribution in [3.63, 3.8) is 0 Å². The van der Waals surface area contributed by atoms with Crippen molar-refractivity contribution in [3.05, 3.63) is 59.2 Å². The van der Waals surface area contributed by atoms with Crippen LogP contribution in [0.4, 0.5) is 0 Å². The summed E-state index contributed by atoms with van der Waals surface area (Å²) in [4.78, 5) is 12.4. The maximum absolute atomic E-state index is 12.4. The number of hydrogen-bond donors (Lipinski definition) is 1. The van der Waals surface area contributed by atoms with Gasteiger partial charge in [-0.1, -0.05) is 37.3 Å². The van der Waals surface area contributed by atoms with E-state index >= 15 is 0 Å². The van der Waals surface area contributed by atoms with Gasteiger partial charge in [0.15, 0.2) is 6.10 Å². The van der Waals surface area contributed by atoms with Gasteiger partial charge >= 0.3 is 0 Å². The summed E-state index contributed by atoms with van der Waals surface area (Å²) in [5.41, 5.74) is 3.40. The molecule has 0 heterocycles. The van der Waals surface area contributed by atoms with Gasteiger partial charge in [0, 0.05) is 6.54 Å². The minimum Gasteiger partial charge on any atom is -0.496 e. The van der Waals surface area contributed by atoms with Crippen LogP contribution in [-0.2, 0) is 11.2 Å². The molecule has 2 rings (SSSR count). The van der Waals surface area contributed by atoms with Crippen molar-refractivity contribution < 1.29 is 14.3 Å². The lowest BCUT2D eigenvalue weighted by Gasteiger charge is -2.19. The van der Waals surface area contributed by atoms with Crippen molar-refractivity contribution >= 4 is 5.91 Å². The largest absolute Gasteiger partial charge is 0.496 e. The van der Waals surface area contributed by atoms with Crippen molar-refractivity contribution in [1.82, 2.24) is 5.32 Å². The quantitative estimate of drug-likeness (QED) is 0.685. The fourth-order valence-corrected chi connectivity index (χ4v) is 2.84. The number of para-hydroxylation sites is 1. The average Bonchev–Trinajstić information content (AvgIpc) is 2.66. The molecule has 0 saturated carbocycles. The van der Waals surface area contributed by atoms with E-state index in [0.717, 1.165) is 41.0 Å². The van der Waals surface area contributed by atoms with Gasteiger partial charge in [0.25, 0.3) is 5.91 Å². The molecule has 1 atom stereocenters. The zero-order valence-corrected chi connectivity index (χ0v) is 16.2. The summed E-state index contributed by atoms with van der Waals surface area (Å²) in [7, 11) is 1.68. The van der Waals surface area contributed by atoms with Gasteiger partial charge in [-0.25, -0.2) is 0 Å². The normalized spacial score (nSPS) is 11.7. The van der Waals surface area contributed by atoms with Crippen LogP contribution in [-0.4, -0.2) is 25.7 Å². The van der Waals surface area contributed by atoms with Crippen molar-refractivity contribution in [3.8, 4) is 11.5 Å². The Hall–Kier alpha value is -2.49. The van der Waals surface area contributed by atoms with Crippen molar-refractivity contribution in [1.29, 1.82) is 0 Å². The van der Waals surface area contributed by atoms with Gasteiger partial charge < -0.3 is 14.8 Å². The molecule has 4 nitrogen and oxygen atoms in total. The summed E-state index contributed by atoms with van der Waals surface area (Å²) in [5, 5.41) is 2.99. The second-order valence-electron chi connectivity index (χ2n) is 6.42. The first kappa shape index (κ1) is 19.8. The lowest BCUT2D eigenvalue weighted by Crippen LogP contribution is -2.38. The molecule has 0 fully saturated rings. The number of benzene rings is 2. The summed E-state index contributed by atoms with van der Waals surface area (Å²) >= 11 is 0. The maximum atomic E-state index is 12.4. The highest BCUT2D eigenvalue weighted by atomic mass is 16.5. The Bertz CT molecular complexity index is 727. The van der Waals surface area contributed by atoms with Gasteiger partial charge in [-0.15, -0.1) is 0 Å². The molecule has 4 heteroatoms. The minimum absolute atomic E-state index is 0.0616. The number of methoxy groups -OCH3 is 1. The second-order valence-corrected chi connectivity index (χ2v) is 6.42. The monoisotopic (exact) mass is 355 g/mol. The van der Waals surface area contributed by atoms with Crippen molar-refractivity contribution in [2.24, 2.45) is 0 Å². The van der Waals surface area contributed by atoms with E-state index in [-0.39, 0.29) is 5.91 Å². The molecule has 0 unspecified atom stereocenters. The van der Waals surface area contributed by atoms with Crippen LogP contribution in [0.15, 0.2) is 42.5 Å². The van der Waals surface area contributed by atoms with Crippen LogP contribution in [0.1, 0.15) is 36.5 Å². The van der Waals surface area contributed by atoms with Crippen LogP contribution in [0.2, 0.25) is 0 Å². The number of amides is 1. The number of carbonyl (C=O) groups is 1. The van der Waals surface area contributed by atoms with Crippen LogP contribution < -0.4 is 14.8 Å². The Morgan fingerprint density at radius 3 is 2.54 bits per heavy atom. The van der Waals surface area contributed by atoms with Crippen molar-refractivity contribution in [2.45, 2.75) is 46.1 Å². The molecule has 0 aromatic heterocycles. The Morgan fingerprint density at radius 2 is 1.81 bits per heavy atom. The number of carbonyl (C=O) groups excluding carboxylic acids is 1. The van der Waals surface area contributed by atoms with Gasteiger partial charge in [-0.05, 0) is 61.9 Å². The van der Waals surface area contributed by atoms with E-state index < -0.39 is 6.10 Å². The standard InChI is InChI=1S/C22H29NO3/c1-5-19(26-20-14-8-10-16(2)17(20)3)22(24)23-15-9-12-18-11-6-7-13-21(18)25-4/h6-8,10-11,13-14,19H,5,9,12,15H2,1-4H3,(H,23,24)/t19-/m0/s1. The average molecular weight is 355 g/mol. The number of rotatable bonds is 9. The SMILES string of the molecule is CC[C@H](Oc1cccc(C)c1C)C(=O)NCCCc1ccccc1OC. The second kappa shape index (κ2) is 9.85. The summed E-state index contributed by atoms with van der Waals surface area (Å²) in [6.45, 7) is 6.64. The van der Waals surface area contributed by atoms with E-state index in [1.807, 2.05) is 57.2 Å². The molecular weight excluding hydrogens is 326 g/mol. The zero-order chi connectivity index (χ0) is 18.9. The van der Waals surface area contributed by atoms with E-state index in [1.165, 1.54) is 0 Å². The smallest absolute Gasteiger partial charge is 0.261 e. The van der Waals surface area contributed by atoms with Crippen LogP contribution in [0.5, 0.6) is 11.5 Å². The molecule has 1 N–H and O–H groups in total. The summed E-state index contributed by atoms with van der Waals surface area (Å²) in [6.07, 6.45) is 1.87. The Kier molecular flexibility index (Phi) is 7.52. The first-order valence-electron chi connectivity index (χ1n) is 9.19. The molecule has 2 aromatic rings. The number of hydrogen-bond acceptors (Lipinski definition) is 3. The Labute approximate surface area is 156 Å². The number of aryl methyl sites for hydroxylation is 2. The van der Waals surface area contributed by atoms with Crippen molar-refractivity contribution in [2.75, 3.05) is 13.7 Å². The van der Waals surface area contributed by atoms with Gasteiger partial charge in [-0.3, -0.25) is 4.79 Å². The van der Waals surface area contributed by atoms with Gasteiger partial charge in [-0.2, -0.15) is 0 Å². The van der Waals surface area contributed by atoms with E-state index in [9.17, 15) is 4.79 Å². The molecule has 1 amide bonds. The molecule has 0 aliphatic heterocycles. The third-order valence-electron chi connectivity index (χ3n) is 4.60. The molecule has 0 aliphatic rings. The molecular formula is C22H29NO3. The maximum Gasteiger partial charge on any atom is 0.261 e. The highest BCUT2D eigenvalue weighted by Gasteiger charge is 2.19. The molecule has 0 bridgehead atoms. The van der Waals surface area contributed by atoms with Gasteiger partial charge in [0.2, 0.25) is 0 Å². The van der Waals surface area contributed by atoms with E-state index in [1.54, 1.807) is 7.11 Å². The Morgan fingerprint density at radius 1 is 1.08 bits per heavy atom. The van der Waals surface area contributed by atoms with Crippen LogP contribution >= 0.6 is 0 Å². The van der Waals surface area contributed by atoms with Gasteiger partial charge in [0.05, 0.1) is 7.11 Å². The topological polar surface area (TPSA) is 47.6 Å². The van der Waals surface area contributed by atoms with E-state index in [2.05, 4.69) is 11.4 Å². The Balaban J connectivity index is 1.84. The van der Waals surface area contributed by atoms with Crippen LogP contribution in [0, 0.1) is 13.8 Å². The molecule has 2 aromatic carbocycles. The summed E-state index contributed by atoms with van der Waals surface area (Å²) in [6, 6.07) is 13.9. The molecule has 140 valence electrons.